The first kappa shape index (κ1) is 18.9. The zero-order chi connectivity index (χ0) is 19.8. The van der Waals surface area contributed by atoms with Gasteiger partial charge in [0.25, 0.3) is 5.56 Å². The van der Waals surface area contributed by atoms with Gasteiger partial charge < -0.3 is 0 Å². The van der Waals surface area contributed by atoms with E-state index in [2.05, 4.69) is 16.9 Å². The highest BCUT2D eigenvalue weighted by atomic mass is 35.5. The number of anilines is 1. The first-order valence-corrected chi connectivity index (χ1v) is 9.99. The van der Waals surface area contributed by atoms with Crippen molar-refractivity contribution in [3.8, 4) is 11.1 Å². The Morgan fingerprint density at radius 3 is 2.61 bits per heavy atom. The second kappa shape index (κ2) is 7.53. The van der Waals surface area contributed by atoms with Gasteiger partial charge in [0, 0.05) is 40.8 Å². The van der Waals surface area contributed by atoms with E-state index in [-0.39, 0.29) is 11.6 Å². The molecule has 1 saturated carbocycles. The number of aryl methyl sites for hydroxylation is 1. The van der Waals surface area contributed by atoms with Crippen LogP contribution in [-0.4, -0.2) is 20.6 Å². The third-order valence-corrected chi connectivity index (χ3v) is 6.04. The fourth-order valence-electron chi connectivity index (χ4n) is 3.92. The Bertz CT molecular complexity index is 1070. The second-order valence-electron chi connectivity index (χ2n) is 7.67. The molecule has 28 heavy (non-hydrogen) atoms. The molecule has 3 aromatic rings. The summed E-state index contributed by atoms with van der Waals surface area (Å²) in [7, 11) is 1.71. The van der Waals surface area contributed by atoms with Gasteiger partial charge in [-0.25, -0.2) is 10.8 Å². The largest absolute Gasteiger partial charge is 0.295 e. The molecule has 0 spiro atoms. The van der Waals surface area contributed by atoms with Crippen LogP contribution in [0.15, 0.2) is 41.3 Å². The molecular formula is C21H24ClN5O. The van der Waals surface area contributed by atoms with Crippen LogP contribution in [0, 0.1) is 5.92 Å². The van der Waals surface area contributed by atoms with Crippen LogP contribution in [0.2, 0.25) is 5.02 Å². The van der Waals surface area contributed by atoms with E-state index in [1.54, 1.807) is 30.4 Å². The van der Waals surface area contributed by atoms with Gasteiger partial charge in [0.1, 0.15) is 5.65 Å². The summed E-state index contributed by atoms with van der Waals surface area (Å²) in [6.45, 7) is 2.27. The van der Waals surface area contributed by atoms with Gasteiger partial charge in [0.05, 0.1) is 0 Å². The Kier molecular flexibility index (Phi) is 5.08. The molecule has 1 aromatic carbocycles. The van der Waals surface area contributed by atoms with Crippen molar-refractivity contribution >= 4 is 28.6 Å². The van der Waals surface area contributed by atoms with Gasteiger partial charge in [-0.3, -0.25) is 14.4 Å². The predicted molar refractivity (Wildman–Crippen MR) is 113 cm³/mol. The molecule has 1 aliphatic rings. The fraction of sp³-hybridized carbons (Fsp3) is 0.381. The molecule has 0 aliphatic heterocycles. The molecule has 0 bridgehead atoms. The summed E-state index contributed by atoms with van der Waals surface area (Å²) in [5.41, 5.74) is 1.64. The third kappa shape index (κ3) is 3.38. The Labute approximate surface area is 168 Å². The van der Waals surface area contributed by atoms with Crippen LogP contribution in [0.4, 0.5) is 5.95 Å². The zero-order valence-electron chi connectivity index (χ0n) is 16.1. The number of hydrogen-bond acceptors (Lipinski definition) is 5. The molecule has 0 amide bonds. The van der Waals surface area contributed by atoms with E-state index in [0.29, 0.717) is 27.7 Å². The molecule has 7 heteroatoms. The maximum absolute atomic E-state index is 13.0. The molecule has 146 valence electrons. The van der Waals surface area contributed by atoms with Crippen molar-refractivity contribution in [2.75, 3.05) is 5.01 Å². The van der Waals surface area contributed by atoms with Crippen LogP contribution in [-0.2, 0) is 7.05 Å². The third-order valence-electron chi connectivity index (χ3n) is 5.71. The van der Waals surface area contributed by atoms with Crippen molar-refractivity contribution in [2.45, 2.75) is 38.6 Å². The van der Waals surface area contributed by atoms with E-state index in [0.717, 1.165) is 37.0 Å². The molecule has 0 radical (unpaired) electrons. The van der Waals surface area contributed by atoms with E-state index in [1.165, 1.54) is 4.57 Å². The molecule has 2 N–H and O–H groups in total. The number of hydrazine groups is 1. The van der Waals surface area contributed by atoms with Crippen molar-refractivity contribution < 1.29 is 0 Å². The summed E-state index contributed by atoms with van der Waals surface area (Å²) in [5.74, 6) is 7.53. The van der Waals surface area contributed by atoms with E-state index < -0.39 is 0 Å². The Morgan fingerprint density at radius 1 is 1.18 bits per heavy atom. The minimum Gasteiger partial charge on any atom is -0.295 e. The van der Waals surface area contributed by atoms with Crippen molar-refractivity contribution in [2.24, 2.45) is 18.8 Å². The number of benzene rings is 1. The summed E-state index contributed by atoms with van der Waals surface area (Å²) >= 11 is 6.29. The van der Waals surface area contributed by atoms with Gasteiger partial charge in [0.2, 0.25) is 5.95 Å². The SMILES string of the molecule is CC1CCC(N(N)c2ncc3cc(-c4ccccc4Cl)c(=O)n(C)c3n2)CC1. The first-order chi connectivity index (χ1) is 13.5. The molecule has 0 unspecified atom stereocenters. The zero-order valence-corrected chi connectivity index (χ0v) is 16.9. The quantitative estimate of drug-likeness (QED) is 0.535. The number of halogens is 1. The lowest BCUT2D eigenvalue weighted by Gasteiger charge is -2.32. The summed E-state index contributed by atoms with van der Waals surface area (Å²) in [6.07, 6.45) is 6.10. The number of rotatable bonds is 3. The van der Waals surface area contributed by atoms with Gasteiger partial charge in [-0.1, -0.05) is 36.7 Å². The van der Waals surface area contributed by atoms with Crippen LogP contribution in [0.25, 0.3) is 22.2 Å². The standard InChI is InChI=1S/C21H24ClN5O/c1-13-7-9-15(10-8-13)27(23)21-24-12-14-11-17(16-5-3-4-6-18(16)22)20(28)26(2)19(14)25-21/h3-6,11-13,15H,7-10,23H2,1-2H3. The molecule has 1 fully saturated rings. The monoisotopic (exact) mass is 397 g/mol. The number of nitrogens with two attached hydrogens (primary N) is 1. The maximum atomic E-state index is 13.0. The minimum atomic E-state index is -0.152. The lowest BCUT2D eigenvalue weighted by Crippen LogP contribution is -2.44. The Hall–Kier alpha value is -2.44. The van der Waals surface area contributed by atoms with Crippen molar-refractivity contribution in [3.05, 3.63) is 51.9 Å². The van der Waals surface area contributed by atoms with E-state index in [4.69, 9.17) is 17.4 Å². The molecule has 0 saturated heterocycles. The van der Waals surface area contributed by atoms with Gasteiger partial charge in [-0.05, 0) is 43.7 Å². The van der Waals surface area contributed by atoms with Gasteiger partial charge >= 0.3 is 0 Å². The van der Waals surface area contributed by atoms with Crippen molar-refractivity contribution in [1.29, 1.82) is 0 Å². The van der Waals surface area contributed by atoms with Crippen LogP contribution >= 0.6 is 11.6 Å². The number of fused-ring (bicyclic) bond motifs is 1. The van der Waals surface area contributed by atoms with Crippen molar-refractivity contribution in [3.63, 3.8) is 0 Å². The summed E-state index contributed by atoms with van der Waals surface area (Å²) in [4.78, 5) is 22.0. The average Bonchev–Trinajstić information content (AvgIpc) is 2.71. The summed E-state index contributed by atoms with van der Waals surface area (Å²) in [6, 6.07) is 9.35. The van der Waals surface area contributed by atoms with Gasteiger partial charge in [0.15, 0.2) is 0 Å². The number of pyridine rings is 1. The van der Waals surface area contributed by atoms with E-state index in [9.17, 15) is 4.79 Å². The molecule has 6 nitrogen and oxygen atoms in total. The smallest absolute Gasteiger partial charge is 0.259 e. The summed E-state index contributed by atoms with van der Waals surface area (Å²) in [5, 5.41) is 2.97. The normalized spacial score (nSPS) is 19.7. The Balaban J connectivity index is 1.75. The van der Waals surface area contributed by atoms with E-state index in [1.807, 2.05) is 18.2 Å². The molecular weight excluding hydrogens is 374 g/mol. The molecule has 4 rings (SSSR count). The number of hydrogen-bond donors (Lipinski definition) is 1. The van der Waals surface area contributed by atoms with Gasteiger partial charge in [-0.15, -0.1) is 0 Å². The average molecular weight is 398 g/mol. The second-order valence-corrected chi connectivity index (χ2v) is 8.08. The van der Waals surface area contributed by atoms with Gasteiger partial charge in [-0.2, -0.15) is 4.98 Å². The van der Waals surface area contributed by atoms with Crippen molar-refractivity contribution in [1.82, 2.24) is 14.5 Å². The highest BCUT2D eigenvalue weighted by Crippen LogP contribution is 2.29. The predicted octanol–water partition coefficient (Wildman–Crippen LogP) is 3.91. The lowest BCUT2D eigenvalue weighted by atomic mass is 9.87. The maximum Gasteiger partial charge on any atom is 0.259 e. The molecule has 1 aliphatic carbocycles. The molecule has 2 heterocycles. The lowest BCUT2D eigenvalue weighted by molar-refractivity contribution is 0.333. The highest BCUT2D eigenvalue weighted by molar-refractivity contribution is 6.33. The summed E-state index contributed by atoms with van der Waals surface area (Å²) < 4.78 is 1.54. The highest BCUT2D eigenvalue weighted by Gasteiger charge is 2.24. The van der Waals surface area contributed by atoms with Crippen LogP contribution in [0.1, 0.15) is 32.6 Å². The van der Waals surface area contributed by atoms with Crippen LogP contribution < -0.4 is 16.4 Å². The first-order valence-electron chi connectivity index (χ1n) is 9.61. The number of aromatic nitrogens is 3. The topological polar surface area (TPSA) is 77.0 Å². The molecule has 2 aromatic heterocycles. The minimum absolute atomic E-state index is 0.152. The molecule has 0 atom stereocenters. The number of nitrogens with zero attached hydrogens (tertiary/aromatic N) is 4. The fourth-order valence-corrected chi connectivity index (χ4v) is 4.16. The Morgan fingerprint density at radius 2 is 1.89 bits per heavy atom. The van der Waals surface area contributed by atoms with E-state index >= 15 is 0 Å². The van der Waals surface area contributed by atoms with Crippen LogP contribution in [0.3, 0.4) is 0 Å². The van der Waals surface area contributed by atoms with Crippen LogP contribution in [0.5, 0.6) is 0 Å².